The Morgan fingerprint density at radius 1 is 1.17 bits per heavy atom. The highest BCUT2D eigenvalue weighted by Crippen LogP contribution is 2.37. The lowest BCUT2D eigenvalue weighted by Crippen LogP contribution is -2.04. The van der Waals surface area contributed by atoms with Crippen LogP contribution < -0.4 is 4.74 Å². The Kier molecular flexibility index (Phi) is 3.93. The topological polar surface area (TPSA) is 35.3 Å². The third-order valence-corrected chi connectivity index (χ3v) is 3.63. The van der Waals surface area contributed by atoms with Gasteiger partial charge in [-0.2, -0.15) is 13.2 Å². The largest absolute Gasteiger partial charge is 0.456 e. The molecule has 0 N–H and O–H groups in total. The van der Waals surface area contributed by atoms with Crippen LogP contribution in [0.15, 0.2) is 40.9 Å². The predicted octanol–water partition coefficient (Wildman–Crippen LogP) is 5.85. The molecule has 23 heavy (non-hydrogen) atoms. The zero-order valence-corrected chi connectivity index (χ0v) is 12.7. The average molecular weight is 342 g/mol. The van der Waals surface area contributed by atoms with Gasteiger partial charge in [-0.05, 0) is 42.8 Å². The van der Waals surface area contributed by atoms with Gasteiger partial charge in [-0.25, -0.2) is 0 Å². The fourth-order valence-corrected chi connectivity index (χ4v) is 2.39. The number of nitrogens with zero attached hydrogens (tertiary/aromatic N) is 1. The Labute approximate surface area is 134 Å². The number of ether oxygens (including phenoxy) is 1. The molecule has 7 heteroatoms. The summed E-state index contributed by atoms with van der Waals surface area (Å²) in [5, 5.41) is 4.63. The molecule has 0 spiro atoms. The Morgan fingerprint density at radius 2 is 1.96 bits per heavy atom. The van der Waals surface area contributed by atoms with Crippen molar-refractivity contribution < 1.29 is 22.4 Å². The highest BCUT2D eigenvalue weighted by Gasteiger charge is 2.31. The van der Waals surface area contributed by atoms with Crippen LogP contribution in [-0.4, -0.2) is 5.16 Å². The molecule has 2 aromatic carbocycles. The third-order valence-electron chi connectivity index (χ3n) is 3.34. The van der Waals surface area contributed by atoms with Crippen LogP contribution in [0.4, 0.5) is 13.2 Å². The molecule has 0 saturated heterocycles. The number of benzene rings is 2. The molecule has 0 bridgehead atoms. The number of aryl methyl sites for hydroxylation is 1. The zero-order chi connectivity index (χ0) is 16.6. The number of hydrogen-bond donors (Lipinski definition) is 0. The maximum Gasteiger partial charge on any atom is 0.416 e. The second-order valence-electron chi connectivity index (χ2n) is 4.89. The molecule has 1 heterocycles. The molecule has 1 aromatic heterocycles. The van der Waals surface area contributed by atoms with Gasteiger partial charge in [-0.15, -0.1) is 0 Å². The molecular formula is C16H11ClF3NO2. The van der Waals surface area contributed by atoms with E-state index in [4.69, 9.17) is 20.9 Å². The van der Waals surface area contributed by atoms with E-state index in [0.29, 0.717) is 17.8 Å². The predicted molar refractivity (Wildman–Crippen MR) is 79.9 cm³/mol. The fourth-order valence-electron chi connectivity index (χ4n) is 2.17. The maximum absolute atomic E-state index is 12.6. The molecule has 0 aliphatic carbocycles. The SMILES string of the molecule is CCc1noc2ccc(Oc3ccc(C(F)(F)F)cc3Cl)cc12. The summed E-state index contributed by atoms with van der Waals surface area (Å²) >= 11 is 5.89. The average Bonchev–Trinajstić information content (AvgIpc) is 2.90. The summed E-state index contributed by atoms with van der Waals surface area (Å²) in [6.45, 7) is 1.94. The molecule has 3 nitrogen and oxygen atoms in total. The highest BCUT2D eigenvalue weighted by molar-refractivity contribution is 6.32. The van der Waals surface area contributed by atoms with E-state index in [9.17, 15) is 13.2 Å². The van der Waals surface area contributed by atoms with E-state index in [1.165, 1.54) is 6.07 Å². The molecule has 0 aliphatic rings. The van der Waals surface area contributed by atoms with Gasteiger partial charge in [0.05, 0.1) is 16.3 Å². The van der Waals surface area contributed by atoms with Gasteiger partial charge in [-0.1, -0.05) is 23.7 Å². The lowest BCUT2D eigenvalue weighted by atomic mass is 10.2. The molecule has 0 saturated carbocycles. The minimum absolute atomic E-state index is 0.110. The molecule has 120 valence electrons. The van der Waals surface area contributed by atoms with Crippen molar-refractivity contribution in [1.29, 1.82) is 0 Å². The van der Waals surface area contributed by atoms with E-state index in [0.717, 1.165) is 23.2 Å². The normalized spacial score (nSPS) is 11.9. The number of fused-ring (bicyclic) bond motifs is 1. The maximum atomic E-state index is 12.6. The van der Waals surface area contributed by atoms with E-state index >= 15 is 0 Å². The third kappa shape index (κ3) is 3.12. The van der Waals surface area contributed by atoms with Crippen molar-refractivity contribution in [3.05, 3.63) is 52.7 Å². The van der Waals surface area contributed by atoms with Crippen LogP contribution in [0, 0.1) is 0 Å². The number of rotatable bonds is 3. The summed E-state index contributed by atoms with van der Waals surface area (Å²) in [6, 6.07) is 8.01. The Balaban J connectivity index is 1.92. The lowest BCUT2D eigenvalue weighted by Gasteiger charge is -2.11. The summed E-state index contributed by atoms with van der Waals surface area (Å²) in [7, 11) is 0. The second kappa shape index (κ2) is 5.77. The Hall–Kier alpha value is -2.21. The monoisotopic (exact) mass is 341 g/mol. The minimum atomic E-state index is -4.44. The number of alkyl halides is 3. The first-order valence-electron chi connectivity index (χ1n) is 6.81. The van der Waals surface area contributed by atoms with Gasteiger partial charge in [0.2, 0.25) is 0 Å². The number of hydrogen-bond acceptors (Lipinski definition) is 3. The van der Waals surface area contributed by atoms with Crippen molar-refractivity contribution in [2.24, 2.45) is 0 Å². The van der Waals surface area contributed by atoms with Gasteiger partial charge in [0.25, 0.3) is 0 Å². The van der Waals surface area contributed by atoms with Gasteiger partial charge in [0.1, 0.15) is 11.5 Å². The molecular weight excluding hydrogens is 331 g/mol. The number of aromatic nitrogens is 1. The first-order chi connectivity index (χ1) is 10.9. The first-order valence-corrected chi connectivity index (χ1v) is 7.19. The van der Waals surface area contributed by atoms with Crippen molar-refractivity contribution in [1.82, 2.24) is 5.16 Å². The van der Waals surface area contributed by atoms with Crippen LogP contribution in [0.3, 0.4) is 0 Å². The van der Waals surface area contributed by atoms with Crippen molar-refractivity contribution in [3.8, 4) is 11.5 Å². The molecule has 0 fully saturated rings. The quantitative estimate of drug-likeness (QED) is 0.599. The Bertz CT molecular complexity index is 858. The van der Waals surface area contributed by atoms with Gasteiger partial charge in [0.15, 0.2) is 5.58 Å². The highest BCUT2D eigenvalue weighted by atomic mass is 35.5. The summed E-state index contributed by atoms with van der Waals surface area (Å²) < 4.78 is 48.6. The lowest BCUT2D eigenvalue weighted by molar-refractivity contribution is -0.137. The molecule has 3 aromatic rings. The van der Waals surface area contributed by atoms with Crippen LogP contribution in [0.2, 0.25) is 5.02 Å². The zero-order valence-electron chi connectivity index (χ0n) is 11.9. The summed E-state index contributed by atoms with van der Waals surface area (Å²) in [5.41, 5.74) is 0.578. The van der Waals surface area contributed by atoms with E-state index in [-0.39, 0.29) is 10.8 Å². The Morgan fingerprint density at radius 3 is 2.61 bits per heavy atom. The van der Waals surface area contributed by atoms with Crippen LogP contribution in [-0.2, 0) is 12.6 Å². The molecule has 0 unspecified atom stereocenters. The molecule has 0 atom stereocenters. The van der Waals surface area contributed by atoms with Crippen molar-refractivity contribution in [2.45, 2.75) is 19.5 Å². The van der Waals surface area contributed by atoms with Gasteiger partial charge in [0, 0.05) is 5.39 Å². The van der Waals surface area contributed by atoms with Gasteiger partial charge < -0.3 is 9.26 Å². The van der Waals surface area contributed by atoms with E-state index < -0.39 is 11.7 Å². The fraction of sp³-hybridized carbons (Fsp3) is 0.188. The minimum Gasteiger partial charge on any atom is -0.456 e. The van der Waals surface area contributed by atoms with Crippen molar-refractivity contribution in [2.75, 3.05) is 0 Å². The van der Waals surface area contributed by atoms with Crippen LogP contribution in [0.25, 0.3) is 11.0 Å². The van der Waals surface area contributed by atoms with E-state index in [1.807, 2.05) is 6.92 Å². The number of halogens is 4. The molecule has 0 aliphatic heterocycles. The summed E-state index contributed by atoms with van der Waals surface area (Å²) in [5.74, 6) is 0.588. The van der Waals surface area contributed by atoms with Gasteiger partial charge in [-0.3, -0.25) is 0 Å². The van der Waals surface area contributed by atoms with Gasteiger partial charge >= 0.3 is 6.18 Å². The van der Waals surface area contributed by atoms with Crippen LogP contribution in [0.1, 0.15) is 18.2 Å². The molecule has 0 radical (unpaired) electrons. The molecule has 3 rings (SSSR count). The smallest absolute Gasteiger partial charge is 0.416 e. The molecule has 0 amide bonds. The van der Waals surface area contributed by atoms with Crippen molar-refractivity contribution >= 4 is 22.6 Å². The van der Waals surface area contributed by atoms with E-state index in [1.54, 1.807) is 18.2 Å². The first kappa shape index (κ1) is 15.7. The summed E-state index contributed by atoms with van der Waals surface area (Å²) in [6.07, 6.45) is -3.75. The van der Waals surface area contributed by atoms with Crippen molar-refractivity contribution in [3.63, 3.8) is 0 Å². The second-order valence-corrected chi connectivity index (χ2v) is 5.29. The van der Waals surface area contributed by atoms with Crippen LogP contribution in [0.5, 0.6) is 11.5 Å². The van der Waals surface area contributed by atoms with E-state index in [2.05, 4.69) is 5.16 Å². The standard InChI is InChI=1S/C16H11ClF3NO2/c1-2-13-11-8-10(4-6-14(11)23-21-13)22-15-5-3-9(7-12(15)17)16(18,19)20/h3-8H,2H2,1H3. The van der Waals surface area contributed by atoms with Crippen LogP contribution >= 0.6 is 11.6 Å². The summed E-state index contributed by atoms with van der Waals surface area (Å²) in [4.78, 5) is 0.